The highest BCUT2D eigenvalue weighted by Crippen LogP contribution is 2.24. The van der Waals surface area contributed by atoms with E-state index in [1.807, 2.05) is 0 Å². The molecule has 0 fully saturated rings. The highest BCUT2D eigenvalue weighted by atomic mass is 19.4. The second kappa shape index (κ2) is 9.81. The van der Waals surface area contributed by atoms with E-state index in [1.165, 1.54) is 49.1 Å². The molecule has 0 unspecified atom stereocenters. The molecule has 2 aromatic carbocycles. The number of nitrogens with one attached hydrogen (secondary N) is 1. The molecule has 34 heavy (non-hydrogen) atoms. The number of aromatic nitrogens is 3. The summed E-state index contributed by atoms with van der Waals surface area (Å²) >= 11 is 0. The van der Waals surface area contributed by atoms with Crippen LogP contribution in [0.25, 0.3) is 17.1 Å². The minimum Gasteiger partial charge on any atom is -0.463 e. The van der Waals surface area contributed by atoms with Gasteiger partial charge >= 0.3 is 18.4 Å². The minimum atomic E-state index is -4.77. The molecule has 0 aliphatic carbocycles. The third-order valence-electron chi connectivity index (χ3n) is 4.33. The van der Waals surface area contributed by atoms with Crippen molar-refractivity contribution in [3.63, 3.8) is 0 Å². The second-order valence-electron chi connectivity index (χ2n) is 7.38. The minimum absolute atomic E-state index is 0.163. The van der Waals surface area contributed by atoms with Gasteiger partial charge in [0.15, 0.2) is 5.82 Å². The Labute approximate surface area is 192 Å². The third kappa shape index (κ3) is 6.47. The molecule has 9 nitrogen and oxygen atoms in total. The summed E-state index contributed by atoms with van der Waals surface area (Å²) in [4.78, 5) is 28.1. The van der Waals surface area contributed by atoms with Crippen LogP contribution in [0.4, 0.5) is 23.7 Å². The first-order chi connectivity index (χ1) is 16.0. The van der Waals surface area contributed by atoms with Gasteiger partial charge in [-0.05, 0) is 69.3 Å². The Hall–Kier alpha value is -4.09. The normalized spacial score (nSPS) is 11.6. The maximum Gasteiger partial charge on any atom is 0.573 e. The zero-order chi connectivity index (χ0) is 24.9. The zero-order valence-corrected chi connectivity index (χ0v) is 18.4. The fourth-order valence-electron chi connectivity index (χ4n) is 2.74. The van der Waals surface area contributed by atoms with Gasteiger partial charge < -0.3 is 14.2 Å². The summed E-state index contributed by atoms with van der Waals surface area (Å²) in [5.74, 6) is -0.651. The van der Waals surface area contributed by atoms with Crippen molar-refractivity contribution < 1.29 is 37.0 Å². The van der Waals surface area contributed by atoms with Gasteiger partial charge in [0.1, 0.15) is 12.1 Å². The molecule has 0 aliphatic rings. The Balaban J connectivity index is 1.63. The number of hydrogen-bond donors (Lipinski definition) is 1. The Kier molecular flexibility index (Phi) is 7.08. The van der Waals surface area contributed by atoms with Gasteiger partial charge in [-0.1, -0.05) is 0 Å². The molecule has 0 saturated carbocycles. The molecule has 1 aromatic heterocycles. The number of hydrogen-bond acceptors (Lipinski definition) is 7. The lowest BCUT2D eigenvalue weighted by molar-refractivity contribution is -0.274. The molecule has 1 amide bonds. The Morgan fingerprint density at radius 2 is 1.68 bits per heavy atom. The number of rotatable bonds is 7. The first kappa shape index (κ1) is 24.6. The lowest BCUT2D eigenvalue weighted by Crippen LogP contribution is -2.40. The summed E-state index contributed by atoms with van der Waals surface area (Å²) in [5, 5.41) is 6.83. The van der Waals surface area contributed by atoms with E-state index in [9.17, 15) is 22.8 Å². The maximum absolute atomic E-state index is 12.3. The Morgan fingerprint density at radius 3 is 2.26 bits per heavy atom. The van der Waals surface area contributed by atoms with E-state index in [0.717, 1.165) is 0 Å². The van der Waals surface area contributed by atoms with Crippen LogP contribution in [0, 0.1) is 0 Å². The molecular weight excluding hydrogens is 457 g/mol. The van der Waals surface area contributed by atoms with Crippen LogP contribution in [0.2, 0.25) is 0 Å². The molecule has 12 heteroatoms. The molecule has 1 heterocycles. The summed E-state index contributed by atoms with van der Waals surface area (Å²) in [6.45, 7) is 4.66. The van der Waals surface area contributed by atoms with Crippen LogP contribution in [0.15, 0.2) is 54.9 Å². The number of alkyl halides is 3. The van der Waals surface area contributed by atoms with Crippen LogP contribution in [0.3, 0.4) is 0 Å². The summed E-state index contributed by atoms with van der Waals surface area (Å²) in [6.07, 6.45) is -4.18. The van der Waals surface area contributed by atoms with Gasteiger partial charge in [0, 0.05) is 11.3 Å². The van der Waals surface area contributed by atoms with Crippen LogP contribution >= 0.6 is 0 Å². The van der Waals surface area contributed by atoms with Crippen LogP contribution in [-0.2, 0) is 14.3 Å². The number of esters is 1. The van der Waals surface area contributed by atoms with Gasteiger partial charge in [0.05, 0.1) is 12.3 Å². The number of anilines is 1. The topological polar surface area (TPSA) is 105 Å². The molecular formula is C22H21F3N4O5. The van der Waals surface area contributed by atoms with Crippen LogP contribution in [0.1, 0.15) is 20.8 Å². The van der Waals surface area contributed by atoms with Gasteiger partial charge in [-0.2, -0.15) is 0 Å². The predicted molar refractivity (Wildman–Crippen MR) is 114 cm³/mol. The van der Waals surface area contributed by atoms with Crippen LogP contribution < -0.4 is 10.1 Å². The Bertz CT molecular complexity index is 1140. The molecule has 0 atom stereocenters. The summed E-state index contributed by atoms with van der Waals surface area (Å²) in [5.41, 5.74) is 0.0709. The van der Waals surface area contributed by atoms with Crippen molar-refractivity contribution in [2.24, 2.45) is 0 Å². The number of carbonyl (C=O) groups is 2. The van der Waals surface area contributed by atoms with Gasteiger partial charge in [0.25, 0.3) is 0 Å². The quantitative estimate of drug-likeness (QED) is 0.490. The monoisotopic (exact) mass is 478 g/mol. The van der Waals surface area contributed by atoms with Crippen molar-refractivity contribution in [1.82, 2.24) is 14.8 Å². The molecule has 1 N–H and O–H groups in total. The van der Waals surface area contributed by atoms with E-state index in [2.05, 4.69) is 20.1 Å². The summed E-state index contributed by atoms with van der Waals surface area (Å²) in [7, 11) is 0. The number of halogens is 3. The molecule has 0 saturated heterocycles. The first-order valence-electron chi connectivity index (χ1n) is 10.0. The van der Waals surface area contributed by atoms with Gasteiger partial charge in [0.2, 0.25) is 5.60 Å². The van der Waals surface area contributed by atoms with E-state index in [4.69, 9.17) is 9.47 Å². The number of carbonyl (C=O) groups excluding carboxylic acids is 2. The van der Waals surface area contributed by atoms with Gasteiger partial charge in [-0.15, -0.1) is 18.3 Å². The molecule has 180 valence electrons. The molecule has 3 aromatic rings. The largest absolute Gasteiger partial charge is 0.573 e. The smallest absolute Gasteiger partial charge is 0.463 e. The lowest BCUT2D eigenvalue weighted by atomic mass is 10.1. The van der Waals surface area contributed by atoms with Crippen molar-refractivity contribution in [2.75, 3.05) is 11.9 Å². The summed E-state index contributed by atoms with van der Waals surface area (Å²) in [6, 6.07) is 11.7. The highest BCUT2D eigenvalue weighted by Gasteiger charge is 2.34. The lowest BCUT2D eigenvalue weighted by Gasteiger charge is -2.22. The van der Waals surface area contributed by atoms with Crippen molar-refractivity contribution in [2.45, 2.75) is 32.7 Å². The highest BCUT2D eigenvalue weighted by molar-refractivity contribution is 5.89. The number of benzene rings is 2. The van der Waals surface area contributed by atoms with Crippen LogP contribution in [-0.4, -0.2) is 45.4 Å². The average Bonchev–Trinajstić information content (AvgIpc) is 3.23. The van der Waals surface area contributed by atoms with Crippen molar-refractivity contribution in [3.05, 3.63) is 54.9 Å². The molecule has 0 radical (unpaired) electrons. The standard InChI is InChI=1S/C22H21F3N4O5/c1-4-32-19(30)21(2,3)34-20(31)27-15-7-5-14(6-8-15)18-26-13-29(28-18)16-9-11-17(12-10-16)33-22(23,24)25/h5-13H,4H2,1-3H3,(H,27,31). The number of nitrogens with zero attached hydrogens (tertiary/aromatic N) is 3. The maximum atomic E-state index is 12.3. The van der Waals surface area contributed by atoms with Crippen molar-refractivity contribution in [3.8, 4) is 22.8 Å². The fraction of sp³-hybridized carbons (Fsp3) is 0.273. The Morgan fingerprint density at radius 1 is 1.03 bits per heavy atom. The van der Waals surface area contributed by atoms with Crippen molar-refractivity contribution in [1.29, 1.82) is 0 Å². The van der Waals surface area contributed by atoms with Crippen LogP contribution in [0.5, 0.6) is 5.75 Å². The summed E-state index contributed by atoms with van der Waals surface area (Å²) < 4.78 is 52.1. The SMILES string of the molecule is CCOC(=O)C(C)(C)OC(=O)Nc1ccc(-c2ncn(-c3ccc(OC(F)(F)F)cc3)n2)cc1. The van der Waals surface area contributed by atoms with E-state index >= 15 is 0 Å². The van der Waals surface area contributed by atoms with Gasteiger partial charge in [-0.25, -0.2) is 19.3 Å². The molecule has 0 aliphatic heterocycles. The van der Waals surface area contributed by atoms with E-state index in [-0.39, 0.29) is 12.4 Å². The van der Waals surface area contributed by atoms with Gasteiger partial charge in [-0.3, -0.25) is 5.32 Å². The predicted octanol–water partition coefficient (Wildman–Crippen LogP) is 4.72. The average molecular weight is 478 g/mol. The number of ether oxygens (including phenoxy) is 3. The zero-order valence-electron chi connectivity index (χ0n) is 18.4. The first-order valence-corrected chi connectivity index (χ1v) is 10.0. The van der Waals surface area contributed by atoms with E-state index in [0.29, 0.717) is 22.8 Å². The molecule has 3 rings (SSSR count). The molecule has 0 bridgehead atoms. The van der Waals surface area contributed by atoms with Crippen molar-refractivity contribution >= 4 is 17.7 Å². The number of amides is 1. The van der Waals surface area contributed by atoms with E-state index < -0.39 is 24.0 Å². The van der Waals surface area contributed by atoms with E-state index in [1.54, 1.807) is 31.2 Å². The molecule has 0 spiro atoms. The fourth-order valence-corrected chi connectivity index (χ4v) is 2.74. The second-order valence-corrected chi connectivity index (χ2v) is 7.38. The third-order valence-corrected chi connectivity index (χ3v) is 4.33.